The molecule has 10 heteroatoms. The maximum atomic E-state index is 15.0. The highest BCUT2D eigenvalue weighted by Gasteiger charge is 2.33. The van der Waals surface area contributed by atoms with Gasteiger partial charge in [-0.1, -0.05) is 11.6 Å². The van der Waals surface area contributed by atoms with Gasteiger partial charge in [0.05, 0.1) is 23.7 Å². The van der Waals surface area contributed by atoms with E-state index in [1.807, 2.05) is 25.1 Å². The lowest BCUT2D eigenvalue weighted by atomic mass is 9.89. The molecule has 9 nitrogen and oxygen atoms in total. The number of aryl methyl sites for hydroxylation is 2. The lowest BCUT2D eigenvalue weighted by Gasteiger charge is -2.32. The molecule has 0 aliphatic heterocycles. The molecule has 2 amide bonds. The Morgan fingerprint density at radius 1 is 1.13 bits per heavy atom. The third-order valence-electron chi connectivity index (χ3n) is 7.29. The highest BCUT2D eigenvalue weighted by molar-refractivity contribution is 6.09. The van der Waals surface area contributed by atoms with Crippen LogP contribution in [-0.4, -0.2) is 65.3 Å². The molecule has 2 aliphatic rings. The van der Waals surface area contributed by atoms with Crippen LogP contribution in [0.5, 0.6) is 5.75 Å². The van der Waals surface area contributed by atoms with Crippen LogP contribution in [0.4, 0.5) is 4.39 Å². The van der Waals surface area contributed by atoms with Gasteiger partial charge in [0.25, 0.3) is 5.91 Å². The molecule has 2 saturated carbocycles. The first-order valence-electron chi connectivity index (χ1n) is 13.1. The van der Waals surface area contributed by atoms with E-state index in [0.717, 1.165) is 16.9 Å². The Balaban J connectivity index is 1.36. The summed E-state index contributed by atoms with van der Waals surface area (Å²) in [6.07, 6.45) is 3.66. The normalized spacial score (nSPS) is 21.3. The van der Waals surface area contributed by atoms with Gasteiger partial charge in [0, 0.05) is 30.8 Å². The van der Waals surface area contributed by atoms with Crippen molar-refractivity contribution < 1.29 is 23.5 Å². The van der Waals surface area contributed by atoms with Crippen molar-refractivity contribution in [2.45, 2.75) is 64.2 Å². The summed E-state index contributed by atoms with van der Waals surface area (Å²) < 4.78 is 26.0. The number of hydrogen-bond donors (Lipinski definition) is 3. The summed E-state index contributed by atoms with van der Waals surface area (Å²) in [7, 11) is 1.44. The fraction of sp³-hybridized carbons (Fsp3) is 0.500. The van der Waals surface area contributed by atoms with Gasteiger partial charge in [-0.2, -0.15) is 0 Å². The molecule has 3 N–H and O–H groups in total. The van der Waals surface area contributed by atoms with E-state index >= 15 is 4.39 Å². The van der Waals surface area contributed by atoms with Crippen molar-refractivity contribution >= 4 is 22.8 Å². The molecule has 5 rings (SSSR count). The van der Waals surface area contributed by atoms with Crippen molar-refractivity contribution in [2.24, 2.45) is 5.92 Å². The average molecular weight is 524 g/mol. The highest BCUT2D eigenvalue weighted by Crippen LogP contribution is 2.37. The third-order valence-corrected chi connectivity index (χ3v) is 7.29. The third kappa shape index (κ3) is 5.65. The van der Waals surface area contributed by atoms with Gasteiger partial charge in [0.1, 0.15) is 36.1 Å². The number of amides is 2. The molecular weight excluding hydrogens is 489 g/mol. The Kier molecular flexibility index (Phi) is 7.60. The molecule has 38 heavy (non-hydrogen) atoms. The summed E-state index contributed by atoms with van der Waals surface area (Å²) in [5.74, 6) is 0.693. The largest absolute Gasteiger partial charge is 0.493 e. The predicted octanol–water partition coefficient (Wildman–Crippen LogP) is 3.78. The Morgan fingerprint density at radius 3 is 2.68 bits per heavy atom. The number of H-pyrrole nitrogens is 1. The molecule has 0 radical (unpaired) electrons. The molecule has 0 unspecified atom stereocenters. The number of alkyl halides is 1. The second-order valence-corrected chi connectivity index (χ2v) is 10.4. The fourth-order valence-electron chi connectivity index (χ4n) is 5.10. The van der Waals surface area contributed by atoms with E-state index in [1.54, 1.807) is 6.92 Å². The fourth-order valence-corrected chi connectivity index (χ4v) is 5.10. The Hall–Kier alpha value is -3.53. The minimum atomic E-state index is -1.28. The standard InChI is InChI=1S/C28H34FN5O4/c1-15-4-9-22(38-12-17-5-6-17)19(10-15)25-27-26(31-14-30-25)24(16(2)32-27)28(36)34-21-8-7-18(11-20(21)29)33-23(35)13-37-3/h4,9-10,14,17-18,20-21,32H,5-8,11-13H2,1-3H3,(H,33,35)(H,34,36)/t18-,20+,21-/m0/s1. The van der Waals surface area contributed by atoms with Gasteiger partial charge in [-0.15, -0.1) is 0 Å². The molecule has 2 aromatic heterocycles. The number of methoxy groups -OCH3 is 1. The zero-order valence-electron chi connectivity index (χ0n) is 22.0. The van der Waals surface area contributed by atoms with Gasteiger partial charge < -0.3 is 25.1 Å². The van der Waals surface area contributed by atoms with Gasteiger partial charge in [-0.05, 0) is 57.6 Å². The van der Waals surface area contributed by atoms with Gasteiger partial charge in [-0.25, -0.2) is 14.4 Å². The average Bonchev–Trinajstić information content (AvgIpc) is 3.64. The van der Waals surface area contributed by atoms with Crippen molar-refractivity contribution in [1.82, 2.24) is 25.6 Å². The lowest BCUT2D eigenvalue weighted by molar-refractivity contribution is -0.125. The lowest BCUT2D eigenvalue weighted by Crippen LogP contribution is -2.50. The second-order valence-electron chi connectivity index (χ2n) is 10.4. The molecule has 0 bridgehead atoms. The quantitative estimate of drug-likeness (QED) is 0.393. The van der Waals surface area contributed by atoms with Crippen molar-refractivity contribution in [3.8, 4) is 17.0 Å². The zero-order chi connectivity index (χ0) is 26.8. The van der Waals surface area contributed by atoms with Crippen LogP contribution in [0.1, 0.15) is 53.7 Å². The van der Waals surface area contributed by atoms with E-state index < -0.39 is 12.2 Å². The number of aromatic nitrogens is 3. The monoisotopic (exact) mass is 523 g/mol. The summed E-state index contributed by atoms with van der Waals surface area (Å²) in [4.78, 5) is 37.4. The number of carbonyl (C=O) groups excluding carboxylic acids is 2. The van der Waals surface area contributed by atoms with Crippen molar-refractivity contribution in [1.29, 1.82) is 0 Å². The number of fused-ring (bicyclic) bond motifs is 1. The topological polar surface area (TPSA) is 118 Å². The van der Waals surface area contributed by atoms with E-state index in [1.165, 1.54) is 26.3 Å². The number of carbonyl (C=O) groups is 2. The molecular formula is C28H34FN5O4. The van der Waals surface area contributed by atoms with E-state index in [0.29, 0.717) is 53.4 Å². The number of rotatable bonds is 9. The van der Waals surface area contributed by atoms with Crippen molar-refractivity contribution in [3.63, 3.8) is 0 Å². The van der Waals surface area contributed by atoms with Crippen LogP contribution in [0.15, 0.2) is 24.5 Å². The highest BCUT2D eigenvalue weighted by atomic mass is 19.1. The number of nitrogens with zero attached hydrogens (tertiary/aromatic N) is 2. The van der Waals surface area contributed by atoms with Crippen LogP contribution in [0.2, 0.25) is 0 Å². The van der Waals surface area contributed by atoms with Gasteiger partial charge in [-0.3, -0.25) is 9.59 Å². The number of ether oxygens (including phenoxy) is 2. The molecule has 0 spiro atoms. The number of nitrogens with one attached hydrogen (secondary N) is 3. The summed E-state index contributed by atoms with van der Waals surface area (Å²) >= 11 is 0. The van der Waals surface area contributed by atoms with Gasteiger partial charge in [0.15, 0.2) is 0 Å². The summed E-state index contributed by atoms with van der Waals surface area (Å²) in [5.41, 5.74) is 4.68. The first-order valence-corrected chi connectivity index (χ1v) is 13.1. The van der Waals surface area contributed by atoms with Crippen LogP contribution in [0.25, 0.3) is 22.3 Å². The zero-order valence-corrected chi connectivity index (χ0v) is 22.0. The number of hydrogen-bond acceptors (Lipinski definition) is 6. The molecule has 1 aromatic carbocycles. The van der Waals surface area contributed by atoms with Crippen LogP contribution in [0.3, 0.4) is 0 Å². The molecule has 2 fully saturated rings. The molecule has 202 valence electrons. The van der Waals surface area contributed by atoms with Crippen LogP contribution in [-0.2, 0) is 9.53 Å². The number of aromatic amines is 1. The Labute approximate surface area is 220 Å². The predicted molar refractivity (Wildman–Crippen MR) is 141 cm³/mol. The SMILES string of the molecule is COCC(=O)N[C@H]1CC[C@H](NC(=O)c2c(C)[nH]c3c(-c4cc(C)ccc4OCC4CC4)ncnc23)[C@H](F)C1. The summed E-state index contributed by atoms with van der Waals surface area (Å²) in [5, 5.41) is 5.65. The molecule has 3 atom stereocenters. The number of benzene rings is 1. The molecule has 3 aromatic rings. The van der Waals surface area contributed by atoms with Crippen molar-refractivity contribution in [2.75, 3.05) is 20.3 Å². The minimum absolute atomic E-state index is 0.0615. The van der Waals surface area contributed by atoms with E-state index in [9.17, 15) is 9.59 Å². The molecule has 2 heterocycles. The number of halogens is 1. The van der Waals surface area contributed by atoms with Gasteiger partial charge >= 0.3 is 0 Å². The van der Waals surface area contributed by atoms with Gasteiger partial charge in [0.2, 0.25) is 5.91 Å². The summed E-state index contributed by atoms with van der Waals surface area (Å²) in [6.45, 7) is 4.42. The maximum Gasteiger partial charge on any atom is 0.255 e. The Morgan fingerprint density at radius 2 is 1.95 bits per heavy atom. The second kappa shape index (κ2) is 11.1. The van der Waals surface area contributed by atoms with Crippen LogP contribution >= 0.6 is 0 Å². The van der Waals surface area contributed by atoms with E-state index in [2.05, 4.69) is 25.6 Å². The maximum absolute atomic E-state index is 15.0. The Bertz CT molecular complexity index is 1340. The first kappa shape index (κ1) is 26.1. The smallest absolute Gasteiger partial charge is 0.255 e. The first-order chi connectivity index (χ1) is 18.3. The molecule has 2 aliphatic carbocycles. The van der Waals surface area contributed by atoms with Crippen LogP contribution < -0.4 is 15.4 Å². The van der Waals surface area contributed by atoms with Crippen molar-refractivity contribution in [3.05, 3.63) is 41.3 Å². The van der Waals surface area contributed by atoms with E-state index in [-0.39, 0.29) is 30.9 Å². The van der Waals surface area contributed by atoms with E-state index in [4.69, 9.17) is 9.47 Å². The summed E-state index contributed by atoms with van der Waals surface area (Å²) in [6, 6.07) is 5.06. The van der Waals surface area contributed by atoms with Crippen LogP contribution in [0, 0.1) is 19.8 Å². The minimum Gasteiger partial charge on any atom is -0.493 e. The molecule has 0 saturated heterocycles.